The zero-order valence-corrected chi connectivity index (χ0v) is 12.4. The van der Waals surface area contributed by atoms with E-state index in [9.17, 15) is 14.9 Å². The van der Waals surface area contributed by atoms with Crippen LogP contribution in [0.5, 0.6) is 0 Å². The second-order valence-corrected chi connectivity index (χ2v) is 5.51. The molecule has 1 atom stereocenters. The predicted octanol–water partition coefficient (Wildman–Crippen LogP) is 2.71. The number of non-ortho nitro benzene ring substituents is 1. The third-order valence-electron chi connectivity index (χ3n) is 3.69. The van der Waals surface area contributed by atoms with Crippen molar-refractivity contribution in [3.05, 3.63) is 40.6 Å². The maximum Gasteiger partial charge on any atom is 0.278 e. The second-order valence-electron chi connectivity index (χ2n) is 5.51. The molecule has 2 aromatic rings. The van der Waals surface area contributed by atoms with Crippen LogP contribution in [-0.4, -0.2) is 21.4 Å². The summed E-state index contributed by atoms with van der Waals surface area (Å²) in [4.78, 5) is 22.6. The van der Waals surface area contributed by atoms with Crippen molar-refractivity contribution in [2.45, 2.75) is 33.4 Å². The van der Waals surface area contributed by atoms with Gasteiger partial charge in [0, 0.05) is 18.3 Å². The van der Waals surface area contributed by atoms with Crippen molar-refractivity contribution in [3.8, 4) is 0 Å². The molecule has 112 valence electrons. The third kappa shape index (κ3) is 3.21. The lowest BCUT2D eigenvalue weighted by Gasteiger charge is -2.17. The van der Waals surface area contributed by atoms with Crippen LogP contribution in [0.4, 0.5) is 5.69 Å². The minimum absolute atomic E-state index is 0.0576. The Hall–Kier alpha value is -2.37. The minimum Gasteiger partial charge on any atom is -0.352 e. The molecule has 0 spiro atoms. The van der Waals surface area contributed by atoms with E-state index in [1.165, 1.54) is 6.07 Å². The smallest absolute Gasteiger partial charge is 0.278 e. The number of hydrogen-bond donors (Lipinski definition) is 1. The number of nitrogens with one attached hydrogen (secondary N) is 1. The number of nitro groups is 1. The largest absolute Gasteiger partial charge is 0.352 e. The van der Waals surface area contributed by atoms with Gasteiger partial charge in [-0.15, -0.1) is 0 Å². The monoisotopic (exact) mass is 289 g/mol. The van der Waals surface area contributed by atoms with Gasteiger partial charge in [0.25, 0.3) is 5.69 Å². The van der Waals surface area contributed by atoms with Crippen molar-refractivity contribution >= 4 is 22.5 Å². The molecule has 0 radical (unpaired) electrons. The van der Waals surface area contributed by atoms with E-state index in [0.29, 0.717) is 16.8 Å². The number of aromatic nitrogens is 1. The van der Waals surface area contributed by atoms with Gasteiger partial charge in [-0.2, -0.15) is 0 Å². The van der Waals surface area contributed by atoms with Crippen molar-refractivity contribution in [1.29, 1.82) is 0 Å². The normalized spacial score (nSPS) is 12.6. The van der Waals surface area contributed by atoms with Crippen LogP contribution in [0.25, 0.3) is 10.9 Å². The van der Waals surface area contributed by atoms with Crippen LogP contribution in [0.2, 0.25) is 0 Å². The lowest BCUT2D eigenvalue weighted by Crippen LogP contribution is -2.38. The maximum absolute atomic E-state index is 12.0. The van der Waals surface area contributed by atoms with Gasteiger partial charge in [0.15, 0.2) is 0 Å². The van der Waals surface area contributed by atoms with Gasteiger partial charge in [0.2, 0.25) is 5.91 Å². The summed E-state index contributed by atoms with van der Waals surface area (Å²) in [5.41, 5.74) is 0.749. The highest BCUT2D eigenvalue weighted by Crippen LogP contribution is 2.26. The summed E-state index contributed by atoms with van der Waals surface area (Å²) in [5.74, 6) is 0.261. The van der Waals surface area contributed by atoms with Gasteiger partial charge in [-0.3, -0.25) is 14.9 Å². The highest BCUT2D eigenvalue weighted by atomic mass is 16.6. The van der Waals surface area contributed by atoms with E-state index in [1.807, 2.05) is 20.8 Å². The Morgan fingerprint density at radius 1 is 1.33 bits per heavy atom. The topological polar surface area (TPSA) is 77.2 Å². The van der Waals surface area contributed by atoms with Crippen LogP contribution in [0.15, 0.2) is 30.5 Å². The number of hydrogen-bond acceptors (Lipinski definition) is 3. The second kappa shape index (κ2) is 5.95. The molecule has 1 N–H and O–H groups in total. The molecule has 0 aliphatic carbocycles. The average molecular weight is 289 g/mol. The van der Waals surface area contributed by atoms with Crippen molar-refractivity contribution in [3.63, 3.8) is 0 Å². The molecule has 0 aliphatic rings. The van der Waals surface area contributed by atoms with E-state index in [-0.39, 0.29) is 24.2 Å². The number of carbonyl (C=O) groups excluding carboxylic acids is 1. The highest BCUT2D eigenvalue weighted by molar-refractivity contribution is 5.90. The van der Waals surface area contributed by atoms with Crippen molar-refractivity contribution in [2.75, 3.05) is 0 Å². The Morgan fingerprint density at radius 3 is 2.67 bits per heavy atom. The molecule has 0 saturated carbocycles. The minimum atomic E-state index is -0.409. The molecule has 2 rings (SSSR count). The first kappa shape index (κ1) is 15.0. The fraction of sp³-hybridized carbons (Fsp3) is 0.400. The number of nitrogens with zero attached hydrogens (tertiary/aromatic N) is 2. The number of nitro benzene ring substituents is 1. The van der Waals surface area contributed by atoms with Crippen LogP contribution < -0.4 is 5.32 Å². The van der Waals surface area contributed by atoms with Gasteiger partial charge in [-0.05, 0) is 25.0 Å². The summed E-state index contributed by atoms with van der Waals surface area (Å²) in [6.07, 6.45) is 1.71. The lowest BCUT2D eigenvalue weighted by atomic mass is 10.1. The molecule has 1 unspecified atom stereocenters. The van der Waals surface area contributed by atoms with E-state index in [2.05, 4.69) is 5.32 Å². The summed E-state index contributed by atoms with van der Waals surface area (Å²) < 4.78 is 1.73. The first-order valence-electron chi connectivity index (χ1n) is 6.91. The molecule has 0 aliphatic heterocycles. The van der Waals surface area contributed by atoms with Crippen molar-refractivity contribution in [1.82, 2.24) is 9.88 Å². The van der Waals surface area contributed by atoms with E-state index < -0.39 is 4.92 Å². The molecule has 6 heteroatoms. The maximum atomic E-state index is 12.0. The number of carbonyl (C=O) groups is 1. The van der Waals surface area contributed by atoms with E-state index in [4.69, 9.17) is 0 Å². The summed E-state index contributed by atoms with van der Waals surface area (Å²) >= 11 is 0. The summed E-state index contributed by atoms with van der Waals surface area (Å²) in [6, 6.07) is 6.64. The number of amides is 1. The molecule has 1 heterocycles. The molecule has 0 fully saturated rings. The third-order valence-corrected chi connectivity index (χ3v) is 3.69. The van der Waals surface area contributed by atoms with E-state index >= 15 is 0 Å². The molecule has 6 nitrogen and oxygen atoms in total. The molecule has 0 bridgehead atoms. The molecule has 1 aromatic heterocycles. The summed E-state index contributed by atoms with van der Waals surface area (Å²) in [5, 5.41) is 14.5. The van der Waals surface area contributed by atoms with Gasteiger partial charge in [-0.25, -0.2) is 0 Å². The Bertz CT molecular complexity index is 676. The molecular formula is C15H19N3O3. The molecular weight excluding hydrogens is 270 g/mol. The first-order chi connectivity index (χ1) is 9.90. The zero-order chi connectivity index (χ0) is 15.6. The van der Waals surface area contributed by atoms with Crippen LogP contribution in [0.1, 0.15) is 20.8 Å². The lowest BCUT2D eigenvalue weighted by molar-refractivity contribution is -0.383. The zero-order valence-electron chi connectivity index (χ0n) is 12.4. The molecule has 21 heavy (non-hydrogen) atoms. The number of fused-ring (bicyclic) bond motifs is 1. The SMILES string of the molecule is CC(C)C(C)NC(=O)Cn1ccc2c([N+](=O)[O-])cccc21. The van der Waals surface area contributed by atoms with Gasteiger partial charge in [0.05, 0.1) is 15.8 Å². The number of rotatable bonds is 5. The summed E-state index contributed by atoms with van der Waals surface area (Å²) in [6.45, 7) is 6.20. The Morgan fingerprint density at radius 2 is 2.05 bits per heavy atom. The Labute approximate surface area is 122 Å². The molecule has 1 amide bonds. The highest BCUT2D eigenvalue weighted by Gasteiger charge is 2.16. The van der Waals surface area contributed by atoms with Crippen LogP contribution >= 0.6 is 0 Å². The van der Waals surface area contributed by atoms with Crippen molar-refractivity contribution < 1.29 is 9.72 Å². The predicted molar refractivity (Wildman–Crippen MR) is 81.0 cm³/mol. The molecule has 1 aromatic carbocycles. The first-order valence-corrected chi connectivity index (χ1v) is 6.91. The van der Waals surface area contributed by atoms with Crippen LogP contribution in [0, 0.1) is 16.0 Å². The standard InChI is InChI=1S/C15H19N3O3/c1-10(2)11(3)16-15(19)9-17-8-7-12-13(17)5-4-6-14(12)18(20)21/h4-8,10-11H,9H2,1-3H3,(H,16,19). The van der Waals surface area contributed by atoms with Gasteiger partial charge >= 0.3 is 0 Å². The van der Waals surface area contributed by atoms with Crippen LogP contribution in [0.3, 0.4) is 0 Å². The van der Waals surface area contributed by atoms with Crippen LogP contribution in [-0.2, 0) is 11.3 Å². The average Bonchev–Trinajstić information content (AvgIpc) is 2.81. The van der Waals surface area contributed by atoms with E-state index in [1.54, 1.807) is 29.0 Å². The van der Waals surface area contributed by atoms with Crippen molar-refractivity contribution in [2.24, 2.45) is 5.92 Å². The Kier molecular flexibility index (Phi) is 4.26. The van der Waals surface area contributed by atoms with E-state index in [0.717, 1.165) is 0 Å². The quantitative estimate of drug-likeness (QED) is 0.679. The fourth-order valence-electron chi connectivity index (χ4n) is 2.13. The molecule has 0 saturated heterocycles. The Balaban J connectivity index is 2.22. The fourth-order valence-corrected chi connectivity index (χ4v) is 2.13. The summed E-state index contributed by atoms with van der Waals surface area (Å²) in [7, 11) is 0. The van der Waals surface area contributed by atoms with Gasteiger partial charge < -0.3 is 9.88 Å². The number of benzene rings is 1. The van der Waals surface area contributed by atoms with Gasteiger partial charge in [-0.1, -0.05) is 19.9 Å². The van der Waals surface area contributed by atoms with Gasteiger partial charge in [0.1, 0.15) is 6.54 Å².